The highest BCUT2D eigenvalue weighted by atomic mass is 32.2. The van der Waals surface area contributed by atoms with E-state index in [0.717, 1.165) is 23.7 Å². The average Bonchev–Trinajstić information content (AvgIpc) is 2.74. The van der Waals surface area contributed by atoms with Crippen molar-refractivity contribution < 1.29 is 14.3 Å². The van der Waals surface area contributed by atoms with E-state index in [9.17, 15) is 9.18 Å². The van der Waals surface area contributed by atoms with E-state index in [0.29, 0.717) is 17.2 Å². The van der Waals surface area contributed by atoms with Crippen molar-refractivity contribution >= 4 is 28.8 Å². The molecule has 0 atom stereocenters. The van der Waals surface area contributed by atoms with Gasteiger partial charge in [0, 0.05) is 12.6 Å². The third kappa shape index (κ3) is 3.39. The van der Waals surface area contributed by atoms with Crippen molar-refractivity contribution in [2.24, 2.45) is 0 Å². The summed E-state index contributed by atoms with van der Waals surface area (Å²) in [6.07, 6.45) is 4.81. The highest BCUT2D eigenvalue weighted by molar-refractivity contribution is 7.99. The van der Waals surface area contributed by atoms with Crippen LogP contribution in [0, 0.1) is 5.82 Å². The Balaban J connectivity index is 2.36. The van der Waals surface area contributed by atoms with Gasteiger partial charge in [0.05, 0.1) is 16.8 Å². The summed E-state index contributed by atoms with van der Waals surface area (Å²) in [5, 5.41) is 9.38. The van der Waals surface area contributed by atoms with E-state index in [1.165, 1.54) is 12.1 Å². The van der Waals surface area contributed by atoms with Crippen molar-refractivity contribution in [1.82, 2.24) is 9.55 Å². The number of imidazole rings is 1. The Morgan fingerprint density at radius 2 is 2.35 bits per heavy atom. The van der Waals surface area contributed by atoms with Crippen LogP contribution in [-0.2, 0) is 11.3 Å². The van der Waals surface area contributed by atoms with E-state index in [-0.39, 0.29) is 11.6 Å². The van der Waals surface area contributed by atoms with Gasteiger partial charge in [-0.25, -0.2) is 9.37 Å². The number of benzene rings is 1. The second kappa shape index (κ2) is 6.56. The maximum absolute atomic E-state index is 13.2. The van der Waals surface area contributed by atoms with Gasteiger partial charge >= 0.3 is 5.97 Å². The fourth-order valence-electron chi connectivity index (χ4n) is 1.90. The Kier molecular flexibility index (Phi) is 4.79. The minimum atomic E-state index is -0.895. The molecule has 1 heterocycles. The van der Waals surface area contributed by atoms with Crippen LogP contribution < -0.4 is 0 Å². The van der Waals surface area contributed by atoms with Gasteiger partial charge in [-0.15, -0.1) is 0 Å². The van der Waals surface area contributed by atoms with Gasteiger partial charge < -0.3 is 9.67 Å². The fraction of sp³-hybridized carbons (Fsp3) is 0.286. The molecule has 0 bridgehead atoms. The lowest BCUT2D eigenvalue weighted by atomic mass is 10.3. The van der Waals surface area contributed by atoms with Crippen molar-refractivity contribution in [1.29, 1.82) is 0 Å². The molecule has 0 amide bonds. The number of halogens is 1. The van der Waals surface area contributed by atoms with Crippen LogP contribution in [0.25, 0.3) is 11.0 Å². The summed E-state index contributed by atoms with van der Waals surface area (Å²) < 4.78 is 15.2. The van der Waals surface area contributed by atoms with E-state index >= 15 is 0 Å². The van der Waals surface area contributed by atoms with Gasteiger partial charge in [0.2, 0.25) is 0 Å². The predicted octanol–water partition coefficient (Wildman–Crippen LogP) is 3.32. The Hall–Kier alpha value is -1.82. The van der Waals surface area contributed by atoms with Gasteiger partial charge in [0.15, 0.2) is 5.16 Å². The van der Waals surface area contributed by atoms with Crippen LogP contribution in [0.2, 0.25) is 0 Å². The largest absolute Gasteiger partial charge is 0.481 e. The number of allylic oxidation sites excluding steroid dienone is 2. The van der Waals surface area contributed by atoms with Crippen molar-refractivity contribution in [3.8, 4) is 0 Å². The van der Waals surface area contributed by atoms with Crippen LogP contribution in [0.3, 0.4) is 0 Å². The van der Waals surface area contributed by atoms with Gasteiger partial charge in [0.1, 0.15) is 5.82 Å². The number of fused-ring (bicyclic) bond motifs is 1. The number of aryl methyl sites for hydroxylation is 1. The Bertz CT molecular complexity index is 652. The molecule has 6 heteroatoms. The maximum atomic E-state index is 13.2. The third-order valence-electron chi connectivity index (χ3n) is 2.76. The van der Waals surface area contributed by atoms with Gasteiger partial charge in [-0.1, -0.05) is 23.9 Å². The Morgan fingerprint density at radius 1 is 1.55 bits per heavy atom. The number of carboxylic acid groups (broad SMARTS) is 1. The minimum Gasteiger partial charge on any atom is -0.481 e. The molecule has 0 spiro atoms. The van der Waals surface area contributed by atoms with Crippen molar-refractivity contribution in [2.45, 2.75) is 25.0 Å². The number of thioether (sulfide) groups is 1. The predicted molar refractivity (Wildman–Crippen MR) is 77.5 cm³/mol. The molecule has 1 aromatic heterocycles. The summed E-state index contributed by atoms with van der Waals surface area (Å²) >= 11 is 1.15. The highest BCUT2D eigenvalue weighted by Gasteiger charge is 2.12. The Labute approximate surface area is 120 Å². The number of carbonyl (C=O) groups is 1. The number of aromatic nitrogens is 2. The molecule has 0 aliphatic carbocycles. The summed E-state index contributed by atoms with van der Waals surface area (Å²) in [5.41, 5.74) is 1.38. The first kappa shape index (κ1) is 14.6. The number of carboxylic acids is 1. The van der Waals surface area contributed by atoms with Gasteiger partial charge in [0.25, 0.3) is 0 Å². The molecule has 2 rings (SSSR count). The number of rotatable bonds is 6. The van der Waals surface area contributed by atoms with E-state index in [1.807, 2.05) is 23.6 Å². The molecule has 0 saturated carbocycles. The zero-order valence-corrected chi connectivity index (χ0v) is 11.9. The standard InChI is InChI=1S/C14H15FN2O2S/c1-2-3-4-7-17-12-6-5-10(15)8-11(12)16-14(17)20-9-13(18)19/h2-3,5-6,8H,4,7,9H2,1H3,(H,18,19)/b3-2+. The van der Waals surface area contributed by atoms with Crippen molar-refractivity contribution in [3.63, 3.8) is 0 Å². The fourth-order valence-corrected chi connectivity index (χ4v) is 2.66. The van der Waals surface area contributed by atoms with E-state index < -0.39 is 5.97 Å². The zero-order chi connectivity index (χ0) is 14.5. The topological polar surface area (TPSA) is 55.1 Å². The normalized spacial score (nSPS) is 11.5. The van der Waals surface area contributed by atoms with Crippen LogP contribution in [0.15, 0.2) is 35.5 Å². The molecular formula is C14H15FN2O2S. The molecule has 0 aliphatic heterocycles. The van der Waals surface area contributed by atoms with Crippen LogP contribution in [0.4, 0.5) is 4.39 Å². The molecule has 20 heavy (non-hydrogen) atoms. The second-order valence-corrected chi connectivity index (χ2v) is 5.16. The molecule has 0 aliphatic rings. The van der Waals surface area contributed by atoms with E-state index in [4.69, 9.17) is 5.11 Å². The van der Waals surface area contributed by atoms with Gasteiger partial charge in [-0.3, -0.25) is 4.79 Å². The van der Waals surface area contributed by atoms with Crippen LogP contribution in [0.5, 0.6) is 0 Å². The number of aliphatic carboxylic acids is 1. The molecule has 0 fully saturated rings. The molecule has 106 valence electrons. The van der Waals surface area contributed by atoms with Crippen LogP contribution in [0.1, 0.15) is 13.3 Å². The maximum Gasteiger partial charge on any atom is 0.313 e. The summed E-state index contributed by atoms with van der Waals surface area (Å²) in [6, 6.07) is 4.44. The first-order valence-corrected chi connectivity index (χ1v) is 7.22. The first-order chi connectivity index (χ1) is 9.61. The number of hydrogen-bond acceptors (Lipinski definition) is 3. The molecule has 0 saturated heterocycles. The lowest BCUT2D eigenvalue weighted by molar-refractivity contribution is -0.133. The smallest absolute Gasteiger partial charge is 0.313 e. The lowest BCUT2D eigenvalue weighted by Crippen LogP contribution is -2.03. The molecule has 1 N–H and O–H groups in total. The van der Waals surface area contributed by atoms with Gasteiger partial charge in [-0.05, 0) is 25.5 Å². The SMILES string of the molecule is C/C=C/CCn1c(SCC(=O)O)nc2cc(F)ccc21. The monoisotopic (exact) mass is 294 g/mol. The first-order valence-electron chi connectivity index (χ1n) is 6.23. The van der Waals surface area contributed by atoms with Crippen LogP contribution in [-0.4, -0.2) is 26.4 Å². The third-order valence-corrected chi connectivity index (χ3v) is 3.72. The second-order valence-electron chi connectivity index (χ2n) is 4.22. The molecular weight excluding hydrogens is 279 g/mol. The molecule has 2 aromatic rings. The van der Waals surface area contributed by atoms with Gasteiger partial charge in [-0.2, -0.15) is 0 Å². The average molecular weight is 294 g/mol. The van der Waals surface area contributed by atoms with Crippen LogP contribution >= 0.6 is 11.8 Å². The summed E-state index contributed by atoms with van der Waals surface area (Å²) in [7, 11) is 0. The van der Waals surface area contributed by atoms with E-state index in [2.05, 4.69) is 4.98 Å². The molecule has 0 radical (unpaired) electrons. The Morgan fingerprint density at radius 3 is 3.05 bits per heavy atom. The summed E-state index contributed by atoms with van der Waals surface area (Å²) in [4.78, 5) is 15.0. The summed E-state index contributed by atoms with van der Waals surface area (Å²) in [6.45, 7) is 2.63. The van der Waals surface area contributed by atoms with Crippen molar-refractivity contribution in [2.75, 3.05) is 5.75 Å². The summed E-state index contributed by atoms with van der Waals surface area (Å²) in [5.74, 6) is -1.30. The molecule has 4 nitrogen and oxygen atoms in total. The molecule has 0 unspecified atom stereocenters. The zero-order valence-electron chi connectivity index (χ0n) is 11.0. The van der Waals surface area contributed by atoms with Crippen molar-refractivity contribution in [3.05, 3.63) is 36.2 Å². The number of hydrogen-bond donors (Lipinski definition) is 1. The molecule has 1 aromatic carbocycles. The number of nitrogens with zero attached hydrogens (tertiary/aromatic N) is 2. The minimum absolute atomic E-state index is 0.0601. The lowest BCUT2D eigenvalue weighted by Gasteiger charge is -2.06. The highest BCUT2D eigenvalue weighted by Crippen LogP contribution is 2.25. The quantitative estimate of drug-likeness (QED) is 0.656. The van der Waals surface area contributed by atoms with E-state index in [1.54, 1.807) is 6.07 Å².